The number of rotatable bonds is 4. The van der Waals surface area contributed by atoms with Gasteiger partial charge in [0.1, 0.15) is 6.04 Å². The molecule has 0 aromatic carbocycles. The maximum absolute atomic E-state index is 12.5. The Bertz CT molecular complexity index is 433. The number of aliphatic carboxylic acids is 1. The van der Waals surface area contributed by atoms with E-state index >= 15 is 0 Å². The lowest BCUT2D eigenvalue weighted by Gasteiger charge is -2.29. The second-order valence-electron chi connectivity index (χ2n) is 5.39. The first kappa shape index (κ1) is 17.3. The van der Waals surface area contributed by atoms with Crippen molar-refractivity contribution in [1.29, 1.82) is 0 Å². The Morgan fingerprint density at radius 1 is 1.43 bits per heavy atom. The molecule has 1 rings (SSSR count). The van der Waals surface area contributed by atoms with Gasteiger partial charge in [-0.15, -0.1) is 0 Å². The first-order chi connectivity index (χ1) is 9.61. The van der Waals surface area contributed by atoms with Crippen LogP contribution in [0.3, 0.4) is 0 Å². The van der Waals surface area contributed by atoms with Gasteiger partial charge in [0, 0.05) is 18.7 Å². The van der Waals surface area contributed by atoms with Gasteiger partial charge in [0.25, 0.3) is 0 Å². The highest BCUT2D eigenvalue weighted by atomic mass is 19.4. The fraction of sp³-hybridized carbons (Fsp3) is 0.692. The summed E-state index contributed by atoms with van der Waals surface area (Å²) in [6.45, 7) is 3.39. The molecule has 1 atom stereocenters. The average molecular weight is 308 g/mol. The lowest BCUT2D eigenvalue weighted by Crippen LogP contribution is -2.49. The predicted molar refractivity (Wildman–Crippen MR) is 69.7 cm³/mol. The fourth-order valence-electron chi connectivity index (χ4n) is 2.04. The van der Waals surface area contributed by atoms with Gasteiger partial charge in [0.15, 0.2) is 0 Å². The molecule has 21 heavy (non-hydrogen) atoms. The molecular formula is C13H19F3N2O3. The number of carboxylic acids is 1. The van der Waals surface area contributed by atoms with Crippen molar-refractivity contribution in [2.24, 2.45) is 5.92 Å². The predicted octanol–water partition coefficient (Wildman–Crippen LogP) is 2.39. The zero-order chi connectivity index (χ0) is 16.2. The highest BCUT2D eigenvalue weighted by molar-refractivity contribution is 5.82. The summed E-state index contributed by atoms with van der Waals surface area (Å²) in [4.78, 5) is 24.1. The van der Waals surface area contributed by atoms with E-state index in [-0.39, 0.29) is 31.8 Å². The second kappa shape index (κ2) is 6.82. The van der Waals surface area contributed by atoms with Gasteiger partial charge in [-0.25, -0.2) is 9.59 Å². The Labute approximate surface area is 120 Å². The fourth-order valence-corrected chi connectivity index (χ4v) is 2.04. The number of hydrogen-bond donors (Lipinski definition) is 2. The lowest BCUT2D eigenvalue weighted by molar-refractivity contribution is -0.139. The third kappa shape index (κ3) is 5.28. The van der Waals surface area contributed by atoms with Crippen molar-refractivity contribution in [3.05, 3.63) is 11.6 Å². The molecule has 0 radical (unpaired) electrons. The molecule has 0 saturated carbocycles. The highest BCUT2D eigenvalue weighted by Crippen LogP contribution is 2.30. The molecule has 5 nitrogen and oxygen atoms in total. The van der Waals surface area contributed by atoms with Crippen LogP contribution in [-0.2, 0) is 4.79 Å². The van der Waals surface area contributed by atoms with E-state index in [0.717, 1.165) is 6.08 Å². The number of carboxylic acid groups (broad SMARTS) is 1. The van der Waals surface area contributed by atoms with Gasteiger partial charge >= 0.3 is 18.2 Å². The second-order valence-corrected chi connectivity index (χ2v) is 5.39. The zero-order valence-electron chi connectivity index (χ0n) is 11.9. The van der Waals surface area contributed by atoms with Crippen LogP contribution in [0.4, 0.5) is 18.0 Å². The number of amides is 2. The minimum atomic E-state index is -4.37. The molecule has 2 amide bonds. The van der Waals surface area contributed by atoms with Crippen LogP contribution in [-0.4, -0.2) is 47.3 Å². The largest absolute Gasteiger partial charge is 0.480 e. The number of nitrogens with zero attached hydrogens (tertiary/aromatic N) is 1. The number of carbonyl (C=O) groups is 2. The van der Waals surface area contributed by atoms with Crippen LogP contribution in [0.15, 0.2) is 11.6 Å². The van der Waals surface area contributed by atoms with E-state index in [9.17, 15) is 22.8 Å². The normalized spacial score (nSPS) is 17.4. The smallest absolute Gasteiger partial charge is 0.412 e. The standard InChI is InChI=1S/C13H19F3N2O3/c1-8(2)7-10(11(19)20)17-12(21)18-5-3-9(4-6-18)13(14,15)16/h3,8,10H,4-7H2,1-2H3,(H,17,21)(H,19,20)/t10-/m0/s1. The summed E-state index contributed by atoms with van der Waals surface area (Å²) in [5, 5.41) is 11.4. The molecular weight excluding hydrogens is 289 g/mol. The summed E-state index contributed by atoms with van der Waals surface area (Å²) in [7, 11) is 0. The Kier molecular flexibility index (Phi) is 5.62. The number of halogens is 3. The van der Waals surface area contributed by atoms with Crippen LogP contribution in [0, 0.1) is 5.92 Å². The van der Waals surface area contributed by atoms with Crippen LogP contribution in [0.5, 0.6) is 0 Å². The molecule has 120 valence electrons. The molecule has 0 aromatic rings. The molecule has 1 aliphatic rings. The van der Waals surface area contributed by atoms with Gasteiger partial charge in [-0.3, -0.25) is 0 Å². The molecule has 1 aliphatic heterocycles. The monoisotopic (exact) mass is 308 g/mol. The average Bonchev–Trinajstić information content (AvgIpc) is 2.36. The molecule has 0 unspecified atom stereocenters. The van der Waals surface area contributed by atoms with E-state index in [1.807, 2.05) is 13.8 Å². The van der Waals surface area contributed by atoms with E-state index in [1.165, 1.54) is 4.90 Å². The summed E-state index contributed by atoms with van der Waals surface area (Å²) in [6, 6.07) is -1.69. The number of nitrogens with one attached hydrogen (secondary N) is 1. The van der Waals surface area contributed by atoms with Crippen molar-refractivity contribution < 1.29 is 27.9 Å². The van der Waals surface area contributed by atoms with E-state index in [4.69, 9.17) is 5.11 Å². The molecule has 0 aliphatic carbocycles. The van der Waals surface area contributed by atoms with E-state index in [2.05, 4.69) is 5.32 Å². The summed E-state index contributed by atoms with van der Waals surface area (Å²) in [5.74, 6) is -1.08. The van der Waals surface area contributed by atoms with Crippen molar-refractivity contribution in [1.82, 2.24) is 10.2 Å². The van der Waals surface area contributed by atoms with Crippen LogP contribution in [0.1, 0.15) is 26.7 Å². The van der Waals surface area contributed by atoms with Crippen molar-refractivity contribution in [3.8, 4) is 0 Å². The van der Waals surface area contributed by atoms with Gasteiger partial charge in [-0.05, 0) is 18.8 Å². The van der Waals surface area contributed by atoms with Gasteiger partial charge < -0.3 is 15.3 Å². The summed E-state index contributed by atoms with van der Waals surface area (Å²) < 4.78 is 37.4. The number of alkyl halides is 3. The highest BCUT2D eigenvalue weighted by Gasteiger charge is 2.35. The maximum Gasteiger partial charge on any atom is 0.412 e. The molecule has 0 spiro atoms. The minimum Gasteiger partial charge on any atom is -0.480 e. The summed E-state index contributed by atoms with van der Waals surface area (Å²) >= 11 is 0. The lowest BCUT2D eigenvalue weighted by atomic mass is 10.0. The van der Waals surface area contributed by atoms with Gasteiger partial charge in [-0.1, -0.05) is 19.9 Å². The molecule has 8 heteroatoms. The van der Waals surface area contributed by atoms with Crippen molar-refractivity contribution in [2.45, 2.75) is 38.9 Å². The van der Waals surface area contributed by atoms with Crippen molar-refractivity contribution >= 4 is 12.0 Å². The van der Waals surface area contributed by atoms with Crippen molar-refractivity contribution in [2.75, 3.05) is 13.1 Å². The molecule has 0 aromatic heterocycles. The Hall–Kier alpha value is -1.73. The Morgan fingerprint density at radius 3 is 2.43 bits per heavy atom. The van der Waals surface area contributed by atoms with Crippen LogP contribution in [0.2, 0.25) is 0 Å². The first-order valence-corrected chi connectivity index (χ1v) is 6.65. The van der Waals surface area contributed by atoms with Crippen LogP contribution < -0.4 is 5.32 Å². The number of urea groups is 1. The van der Waals surface area contributed by atoms with Gasteiger partial charge in [0.05, 0.1) is 0 Å². The minimum absolute atomic E-state index is 0.0736. The van der Waals surface area contributed by atoms with Crippen LogP contribution >= 0.6 is 0 Å². The summed E-state index contributed by atoms with van der Waals surface area (Å²) in [6.07, 6.45) is -3.43. The third-order valence-electron chi connectivity index (χ3n) is 3.16. The maximum atomic E-state index is 12.5. The Balaban J connectivity index is 2.61. The topological polar surface area (TPSA) is 69.6 Å². The molecule has 0 saturated heterocycles. The van der Waals surface area contributed by atoms with E-state index < -0.39 is 29.8 Å². The summed E-state index contributed by atoms with van der Waals surface area (Å²) in [5.41, 5.74) is -0.650. The Morgan fingerprint density at radius 2 is 2.05 bits per heavy atom. The molecule has 0 bridgehead atoms. The van der Waals surface area contributed by atoms with E-state index in [1.54, 1.807) is 0 Å². The number of hydrogen-bond acceptors (Lipinski definition) is 2. The molecule has 0 fully saturated rings. The quantitative estimate of drug-likeness (QED) is 0.784. The third-order valence-corrected chi connectivity index (χ3v) is 3.16. The van der Waals surface area contributed by atoms with E-state index in [0.29, 0.717) is 0 Å². The SMILES string of the molecule is CC(C)C[C@H](NC(=O)N1CC=C(C(F)(F)F)CC1)C(=O)O. The van der Waals surface area contributed by atoms with Crippen molar-refractivity contribution in [3.63, 3.8) is 0 Å². The first-order valence-electron chi connectivity index (χ1n) is 6.65. The van der Waals surface area contributed by atoms with Crippen LogP contribution in [0.25, 0.3) is 0 Å². The number of carbonyl (C=O) groups excluding carboxylic acids is 1. The zero-order valence-corrected chi connectivity index (χ0v) is 11.9. The van der Waals surface area contributed by atoms with Gasteiger partial charge in [0.2, 0.25) is 0 Å². The molecule has 1 heterocycles. The van der Waals surface area contributed by atoms with Gasteiger partial charge in [-0.2, -0.15) is 13.2 Å². The molecule has 2 N–H and O–H groups in total.